The second-order valence-corrected chi connectivity index (χ2v) is 6.90. The molecular weight excluding hydrogens is 275 g/mol. The van der Waals surface area contributed by atoms with Crippen molar-refractivity contribution in [3.63, 3.8) is 0 Å². The summed E-state index contributed by atoms with van der Waals surface area (Å²) in [7, 11) is 0. The van der Waals surface area contributed by atoms with Gasteiger partial charge in [-0.15, -0.1) is 23.2 Å². The molecule has 2 aliphatic rings. The highest BCUT2D eigenvalue weighted by Gasteiger charge is 2.67. The molecule has 0 unspecified atom stereocenters. The average molecular weight is 295 g/mol. The van der Waals surface area contributed by atoms with Crippen LogP contribution in [0.4, 0.5) is 0 Å². The Morgan fingerprint density at radius 2 is 2.00 bits per heavy atom. The molecule has 0 aromatic carbocycles. The molecule has 1 saturated heterocycles. The second-order valence-electron chi connectivity index (χ2n) is 5.42. The minimum Gasteiger partial charge on any atom is -0.379 e. The summed E-state index contributed by atoms with van der Waals surface area (Å²) >= 11 is 12.0. The Hall–Kier alpha value is -0.0300. The molecule has 0 aromatic rings. The third-order valence-corrected chi connectivity index (χ3v) is 5.09. The van der Waals surface area contributed by atoms with E-state index < -0.39 is 9.75 Å². The molecule has 6 heteroatoms. The number of carbonyl (C=O) groups is 1. The highest BCUT2D eigenvalue weighted by atomic mass is 35.5. The molecule has 18 heavy (non-hydrogen) atoms. The van der Waals surface area contributed by atoms with Crippen LogP contribution >= 0.6 is 23.2 Å². The highest BCUT2D eigenvalue weighted by Crippen LogP contribution is 2.63. The third kappa shape index (κ3) is 2.77. The van der Waals surface area contributed by atoms with Gasteiger partial charge in [-0.3, -0.25) is 9.69 Å². The first-order valence-electron chi connectivity index (χ1n) is 6.35. The lowest BCUT2D eigenvalue weighted by Gasteiger charge is -2.32. The number of rotatable bonds is 4. The van der Waals surface area contributed by atoms with Gasteiger partial charge in [-0.05, 0) is 20.3 Å². The molecule has 1 N–H and O–H groups in total. The van der Waals surface area contributed by atoms with Gasteiger partial charge in [0.25, 0.3) is 0 Å². The third-order valence-electron chi connectivity index (χ3n) is 3.99. The Morgan fingerprint density at radius 1 is 1.44 bits per heavy atom. The average Bonchev–Trinajstić information content (AvgIpc) is 2.87. The molecule has 0 aromatic heterocycles. The van der Waals surface area contributed by atoms with E-state index in [9.17, 15) is 4.79 Å². The van der Waals surface area contributed by atoms with Crippen LogP contribution in [0.2, 0.25) is 0 Å². The van der Waals surface area contributed by atoms with Gasteiger partial charge in [-0.1, -0.05) is 0 Å². The van der Waals surface area contributed by atoms with Gasteiger partial charge in [0.05, 0.1) is 18.6 Å². The van der Waals surface area contributed by atoms with E-state index in [1.54, 1.807) is 0 Å². The van der Waals surface area contributed by atoms with Gasteiger partial charge in [0.15, 0.2) is 0 Å². The van der Waals surface area contributed by atoms with Crippen molar-refractivity contribution in [2.24, 2.45) is 5.41 Å². The summed E-state index contributed by atoms with van der Waals surface area (Å²) in [5.74, 6) is -0.0485. The van der Waals surface area contributed by atoms with Crippen molar-refractivity contribution in [3.8, 4) is 0 Å². The summed E-state index contributed by atoms with van der Waals surface area (Å²) in [6, 6.07) is 0.306. The Bertz CT molecular complexity index is 332. The van der Waals surface area contributed by atoms with E-state index in [1.807, 2.05) is 6.92 Å². The minimum atomic E-state index is -0.890. The molecule has 2 fully saturated rings. The first-order valence-corrected chi connectivity index (χ1v) is 7.10. The fourth-order valence-electron chi connectivity index (χ4n) is 2.23. The maximum Gasteiger partial charge on any atom is 0.229 e. The van der Waals surface area contributed by atoms with Crippen molar-refractivity contribution in [1.82, 2.24) is 10.2 Å². The van der Waals surface area contributed by atoms with Crippen LogP contribution < -0.4 is 5.32 Å². The van der Waals surface area contributed by atoms with Crippen molar-refractivity contribution < 1.29 is 9.53 Å². The molecule has 0 bridgehead atoms. The number of nitrogens with one attached hydrogen (secondary N) is 1. The lowest BCUT2D eigenvalue weighted by molar-refractivity contribution is -0.126. The number of carbonyl (C=O) groups excluding carboxylic acids is 1. The van der Waals surface area contributed by atoms with Crippen molar-refractivity contribution in [3.05, 3.63) is 0 Å². The van der Waals surface area contributed by atoms with E-state index in [2.05, 4.69) is 17.1 Å². The van der Waals surface area contributed by atoms with Crippen LogP contribution in [0.5, 0.6) is 0 Å². The Labute approximate surface area is 118 Å². The number of alkyl halides is 2. The van der Waals surface area contributed by atoms with Crippen molar-refractivity contribution in [2.75, 3.05) is 32.8 Å². The van der Waals surface area contributed by atoms with E-state index in [0.717, 1.165) is 26.3 Å². The maximum atomic E-state index is 12.0. The first kappa shape index (κ1) is 14.4. The molecule has 2 rings (SSSR count). The fourth-order valence-corrected chi connectivity index (χ4v) is 2.94. The van der Waals surface area contributed by atoms with Gasteiger partial charge >= 0.3 is 0 Å². The highest BCUT2D eigenvalue weighted by molar-refractivity contribution is 6.53. The lowest BCUT2D eigenvalue weighted by Crippen LogP contribution is -2.48. The topological polar surface area (TPSA) is 41.6 Å². The van der Waals surface area contributed by atoms with Gasteiger partial charge in [0.2, 0.25) is 5.91 Å². The Balaban J connectivity index is 1.76. The summed E-state index contributed by atoms with van der Waals surface area (Å²) in [6.07, 6.45) is 0.529. The van der Waals surface area contributed by atoms with Crippen LogP contribution in [0.1, 0.15) is 20.3 Å². The fraction of sp³-hybridized carbons (Fsp3) is 0.917. The standard InChI is InChI=1S/C12H20Cl2N2O2/c1-9(16-3-5-18-6-4-16)7-15-10(17)11(2)8-12(11,13)14/h9H,3-8H2,1-2H3,(H,15,17)/t9-,11+/m1/s1. The van der Waals surface area contributed by atoms with Gasteiger partial charge in [0, 0.05) is 25.7 Å². The molecule has 1 heterocycles. The number of halogens is 2. The van der Waals surface area contributed by atoms with Crippen molar-refractivity contribution >= 4 is 29.1 Å². The molecule has 1 aliphatic heterocycles. The Morgan fingerprint density at radius 3 is 2.50 bits per heavy atom. The SMILES string of the molecule is C[C@H](CNC(=O)[C@]1(C)CC1(Cl)Cl)N1CCOCC1. The number of ether oxygens (including phenoxy) is 1. The van der Waals surface area contributed by atoms with Crippen LogP contribution in [0.3, 0.4) is 0 Å². The van der Waals surface area contributed by atoms with Gasteiger partial charge in [0.1, 0.15) is 4.33 Å². The summed E-state index contributed by atoms with van der Waals surface area (Å²) < 4.78 is 4.41. The second kappa shape index (κ2) is 5.16. The molecule has 2 atom stereocenters. The monoisotopic (exact) mass is 294 g/mol. The molecule has 0 radical (unpaired) electrons. The van der Waals surface area contributed by atoms with Crippen LogP contribution in [0.25, 0.3) is 0 Å². The van der Waals surface area contributed by atoms with E-state index in [-0.39, 0.29) is 5.91 Å². The van der Waals surface area contributed by atoms with Crippen LogP contribution in [0, 0.1) is 5.41 Å². The molecule has 0 spiro atoms. The molecular formula is C12H20Cl2N2O2. The van der Waals surface area contributed by atoms with Crippen LogP contribution in [0.15, 0.2) is 0 Å². The Kier molecular flexibility index (Phi) is 4.12. The maximum absolute atomic E-state index is 12.0. The van der Waals surface area contributed by atoms with Crippen LogP contribution in [-0.4, -0.2) is 54.0 Å². The summed E-state index contributed by atoms with van der Waals surface area (Å²) in [5, 5.41) is 2.95. The summed E-state index contributed by atoms with van der Waals surface area (Å²) in [5.41, 5.74) is -0.624. The molecule has 4 nitrogen and oxygen atoms in total. The van der Waals surface area contributed by atoms with E-state index >= 15 is 0 Å². The zero-order chi connectivity index (χ0) is 13.4. The largest absolute Gasteiger partial charge is 0.379 e. The van der Waals surface area contributed by atoms with E-state index in [0.29, 0.717) is 19.0 Å². The van der Waals surface area contributed by atoms with Crippen molar-refractivity contribution in [1.29, 1.82) is 0 Å². The predicted octanol–water partition coefficient (Wildman–Crippen LogP) is 1.41. The van der Waals surface area contributed by atoms with Gasteiger partial charge < -0.3 is 10.1 Å². The van der Waals surface area contributed by atoms with Crippen molar-refractivity contribution in [2.45, 2.75) is 30.6 Å². The smallest absolute Gasteiger partial charge is 0.229 e. The number of hydrogen-bond donors (Lipinski definition) is 1. The molecule has 1 saturated carbocycles. The lowest BCUT2D eigenvalue weighted by atomic mass is 10.1. The zero-order valence-corrected chi connectivity index (χ0v) is 12.4. The van der Waals surface area contributed by atoms with E-state index in [4.69, 9.17) is 27.9 Å². The molecule has 1 aliphatic carbocycles. The minimum absolute atomic E-state index is 0.0485. The molecule has 104 valence electrons. The van der Waals surface area contributed by atoms with Gasteiger partial charge in [-0.2, -0.15) is 0 Å². The summed E-state index contributed by atoms with van der Waals surface area (Å²) in [4.78, 5) is 14.3. The number of nitrogens with zero attached hydrogens (tertiary/aromatic N) is 1. The van der Waals surface area contributed by atoms with Crippen LogP contribution in [-0.2, 0) is 9.53 Å². The predicted molar refractivity (Wildman–Crippen MR) is 72.0 cm³/mol. The zero-order valence-electron chi connectivity index (χ0n) is 10.8. The van der Waals surface area contributed by atoms with Gasteiger partial charge in [-0.25, -0.2) is 0 Å². The number of morpholine rings is 1. The normalized spacial score (nSPS) is 32.9. The number of hydrogen-bond acceptors (Lipinski definition) is 3. The van der Waals surface area contributed by atoms with E-state index in [1.165, 1.54) is 0 Å². The first-order chi connectivity index (χ1) is 8.37. The molecule has 1 amide bonds. The summed E-state index contributed by atoms with van der Waals surface area (Å²) in [6.45, 7) is 7.91. The quantitative estimate of drug-likeness (QED) is 0.797. The number of amides is 1.